The minimum Gasteiger partial charge on any atom is -0.211 e. The molecule has 0 aliphatic heterocycles. The summed E-state index contributed by atoms with van der Waals surface area (Å²) in [7, 11) is -4.23. The molecule has 0 radical (unpaired) electrons. The second kappa shape index (κ2) is 4.11. The van der Waals surface area contributed by atoms with E-state index in [1.807, 2.05) is 0 Å². The number of rotatable bonds is 2. The van der Waals surface area contributed by atoms with Gasteiger partial charge < -0.3 is 0 Å². The summed E-state index contributed by atoms with van der Waals surface area (Å²) in [4.78, 5) is 0. The van der Waals surface area contributed by atoms with Gasteiger partial charge in [-0.25, -0.2) is 4.18 Å². The highest BCUT2D eigenvalue weighted by atomic mass is 35.6. The van der Waals surface area contributed by atoms with Crippen LogP contribution in [0.2, 0.25) is 0 Å². The predicted molar refractivity (Wildman–Crippen MR) is 48.4 cm³/mol. The average Bonchev–Trinajstić information content (AvgIpc) is 2.01. The first kappa shape index (κ1) is 11.9. The largest absolute Gasteiger partial charge is 0.320 e. The summed E-state index contributed by atoms with van der Waals surface area (Å²) in [6.07, 6.45) is 1.11. The Morgan fingerprint density at radius 1 is 1.36 bits per heavy atom. The highest BCUT2D eigenvalue weighted by molar-refractivity contribution is 7.86. The lowest BCUT2D eigenvalue weighted by atomic mass is 10.7. The lowest BCUT2D eigenvalue weighted by molar-refractivity contribution is 0.318. The van der Waals surface area contributed by atoms with Gasteiger partial charge in [-0.3, -0.25) is 0 Å². The van der Waals surface area contributed by atoms with Crippen LogP contribution in [0.1, 0.15) is 0 Å². The van der Waals surface area contributed by atoms with Crippen LogP contribution in [0.15, 0.2) is 17.3 Å². The maximum Gasteiger partial charge on any atom is 0.320 e. The molecular formula is C4H2Cl3N3O3S. The van der Waals surface area contributed by atoms with Crippen molar-refractivity contribution in [3.8, 4) is 0 Å². The van der Waals surface area contributed by atoms with Gasteiger partial charge in [0.15, 0.2) is 0 Å². The summed E-state index contributed by atoms with van der Waals surface area (Å²) in [5.41, 5.74) is 0. The SMILES string of the molecule is O=S(=O)(OC(Cl)(Cl)Cl)c1ccnnn1. The number of hydrogen-bond acceptors (Lipinski definition) is 6. The van der Waals surface area contributed by atoms with Crippen LogP contribution in [-0.4, -0.2) is 27.8 Å². The molecule has 0 spiro atoms. The van der Waals surface area contributed by atoms with Crippen LogP contribution in [0, 0.1) is 0 Å². The van der Waals surface area contributed by atoms with E-state index in [0.717, 1.165) is 12.3 Å². The van der Waals surface area contributed by atoms with Crippen molar-refractivity contribution in [1.82, 2.24) is 15.4 Å². The zero-order valence-electron chi connectivity index (χ0n) is 6.26. The van der Waals surface area contributed by atoms with E-state index in [1.165, 1.54) is 0 Å². The molecular weight excluding hydrogens is 276 g/mol. The summed E-state index contributed by atoms with van der Waals surface area (Å²) in [6, 6.07) is 1.05. The highest BCUT2D eigenvalue weighted by Gasteiger charge is 2.31. The third-order valence-corrected chi connectivity index (χ3v) is 2.64. The summed E-state index contributed by atoms with van der Waals surface area (Å²) < 4.78 is 24.3. The maximum atomic E-state index is 11.2. The standard InChI is InChI=1S/C4H2Cl3N3O3S/c5-4(6,7)13-14(11,12)3-1-2-8-10-9-3/h1-2H. The Labute approximate surface area is 94.2 Å². The fraction of sp³-hybridized carbons (Fsp3) is 0.250. The fourth-order valence-corrected chi connectivity index (χ4v) is 1.98. The van der Waals surface area contributed by atoms with Crippen LogP contribution in [0.25, 0.3) is 0 Å². The maximum absolute atomic E-state index is 11.2. The van der Waals surface area contributed by atoms with Crippen molar-refractivity contribution in [2.75, 3.05) is 0 Å². The third-order valence-electron chi connectivity index (χ3n) is 0.939. The molecule has 0 aliphatic rings. The smallest absolute Gasteiger partial charge is 0.211 e. The predicted octanol–water partition coefficient (Wildman–Crippen LogP) is 0.905. The molecule has 1 heterocycles. The van der Waals surface area contributed by atoms with E-state index in [4.69, 9.17) is 34.8 Å². The molecule has 0 atom stereocenters. The van der Waals surface area contributed by atoms with Crippen LogP contribution in [0.4, 0.5) is 0 Å². The second-order valence-corrected chi connectivity index (χ2v) is 5.61. The molecule has 0 aliphatic carbocycles. The molecule has 1 aromatic heterocycles. The van der Waals surface area contributed by atoms with Gasteiger partial charge in [0.2, 0.25) is 5.03 Å². The first-order valence-electron chi connectivity index (χ1n) is 2.98. The highest BCUT2D eigenvalue weighted by Crippen LogP contribution is 2.31. The Hall–Kier alpha value is -0.210. The van der Waals surface area contributed by atoms with Crippen molar-refractivity contribution in [3.63, 3.8) is 0 Å². The van der Waals surface area contributed by atoms with Gasteiger partial charge >= 0.3 is 14.1 Å². The van der Waals surface area contributed by atoms with Gasteiger partial charge in [-0.15, -0.1) is 10.2 Å². The normalized spacial score (nSPS) is 12.8. The third kappa shape index (κ3) is 3.50. The summed E-state index contributed by atoms with van der Waals surface area (Å²) in [6.45, 7) is 0. The van der Waals surface area contributed by atoms with Gasteiger partial charge in [0.1, 0.15) is 0 Å². The van der Waals surface area contributed by atoms with Crippen LogP contribution in [0.5, 0.6) is 0 Å². The van der Waals surface area contributed by atoms with Crippen LogP contribution >= 0.6 is 34.8 Å². The molecule has 14 heavy (non-hydrogen) atoms. The Morgan fingerprint density at radius 2 is 2.00 bits per heavy atom. The lowest BCUT2D eigenvalue weighted by Crippen LogP contribution is -2.18. The molecule has 0 fully saturated rings. The van der Waals surface area contributed by atoms with Crippen LogP contribution < -0.4 is 0 Å². The first-order valence-corrected chi connectivity index (χ1v) is 5.52. The van der Waals surface area contributed by atoms with Gasteiger partial charge in [0, 0.05) is 6.07 Å². The molecule has 0 aromatic carbocycles. The van der Waals surface area contributed by atoms with Gasteiger partial charge in [0.25, 0.3) is 0 Å². The van der Waals surface area contributed by atoms with Crippen LogP contribution in [0.3, 0.4) is 0 Å². The topological polar surface area (TPSA) is 82.0 Å². The van der Waals surface area contributed by atoms with Gasteiger partial charge in [0.05, 0.1) is 6.20 Å². The first-order chi connectivity index (χ1) is 6.31. The van der Waals surface area contributed by atoms with Crippen molar-refractivity contribution in [1.29, 1.82) is 0 Å². The summed E-state index contributed by atoms with van der Waals surface area (Å²) >= 11 is 15.4. The van der Waals surface area contributed by atoms with E-state index >= 15 is 0 Å². The Bertz CT molecular complexity index is 403. The quantitative estimate of drug-likeness (QED) is 0.590. The van der Waals surface area contributed by atoms with E-state index in [0.29, 0.717) is 0 Å². The van der Waals surface area contributed by atoms with Gasteiger partial charge in [-0.2, -0.15) is 8.42 Å². The minimum atomic E-state index is -4.23. The minimum absolute atomic E-state index is 0.487. The molecule has 0 N–H and O–H groups in total. The molecule has 0 saturated carbocycles. The van der Waals surface area contributed by atoms with Gasteiger partial charge in [-0.1, -0.05) is 34.8 Å². The van der Waals surface area contributed by atoms with Crippen molar-refractivity contribution in [2.24, 2.45) is 0 Å². The Morgan fingerprint density at radius 3 is 2.43 bits per heavy atom. The van der Waals surface area contributed by atoms with Crippen LogP contribution in [-0.2, 0) is 14.3 Å². The molecule has 0 amide bonds. The van der Waals surface area contributed by atoms with E-state index < -0.39 is 19.1 Å². The van der Waals surface area contributed by atoms with E-state index in [-0.39, 0.29) is 0 Å². The monoisotopic (exact) mass is 277 g/mol. The average molecular weight is 279 g/mol. The Balaban J connectivity index is 2.99. The fourth-order valence-electron chi connectivity index (χ4n) is 0.531. The number of alkyl halides is 3. The van der Waals surface area contributed by atoms with Crippen molar-refractivity contribution < 1.29 is 12.6 Å². The van der Waals surface area contributed by atoms with E-state index in [1.54, 1.807) is 0 Å². The lowest BCUT2D eigenvalue weighted by Gasteiger charge is -2.10. The molecule has 6 nitrogen and oxygen atoms in total. The van der Waals surface area contributed by atoms with Gasteiger partial charge in [-0.05, 0) is 5.21 Å². The Kier molecular flexibility index (Phi) is 3.49. The van der Waals surface area contributed by atoms with E-state index in [9.17, 15) is 8.42 Å². The second-order valence-electron chi connectivity index (χ2n) is 1.94. The zero-order valence-corrected chi connectivity index (χ0v) is 9.35. The van der Waals surface area contributed by atoms with Crippen molar-refractivity contribution in [2.45, 2.75) is 9.00 Å². The summed E-state index contributed by atoms with van der Waals surface area (Å²) in [5.74, 6) is 0. The molecule has 0 bridgehead atoms. The molecule has 1 aromatic rings. The number of aromatic nitrogens is 3. The number of nitrogens with zero attached hydrogens (tertiary/aromatic N) is 3. The molecule has 0 unspecified atom stereocenters. The molecule has 10 heteroatoms. The molecule has 1 rings (SSSR count). The van der Waals surface area contributed by atoms with E-state index in [2.05, 4.69) is 19.6 Å². The van der Waals surface area contributed by atoms with Crippen molar-refractivity contribution in [3.05, 3.63) is 12.3 Å². The molecule has 0 saturated heterocycles. The molecule has 78 valence electrons. The summed E-state index contributed by atoms with van der Waals surface area (Å²) in [5, 5.41) is 9.07. The zero-order chi connectivity index (χ0) is 10.8. The number of halogens is 3. The number of hydrogen-bond donors (Lipinski definition) is 0. The van der Waals surface area contributed by atoms with Crippen molar-refractivity contribution >= 4 is 44.9 Å².